The molecule has 0 saturated heterocycles. The summed E-state index contributed by atoms with van der Waals surface area (Å²) in [7, 11) is 3.07. The molecule has 1 aliphatic heterocycles. The third-order valence-corrected chi connectivity index (χ3v) is 5.35. The fraction of sp³-hybridized carbons (Fsp3) is 0.174. The van der Waals surface area contributed by atoms with E-state index in [2.05, 4.69) is 11.4 Å². The molecule has 2 N–H and O–H groups in total. The van der Waals surface area contributed by atoms with Gasteiger partial charge in [0.15, 0.2) is 0 Å². The monoisotopic (exact) mass is 417 g/mol. The minimum atomic E-state index is -1.15. The van der Waals surface area contributed by atoms with E-state index in [1.165, 1.54) is 13.3 Å². The minimum Gasteiger partial charge on any atom is -0.497 e. The van der Waals surface area contributed by atoms with Gasteiger partial charge in [-0.05, 0) is 29.8 Å². The molecule has 1 aromatic heterocycles. The van der Waals surface area contributed by atoms with E-state index >= 15 is 0 Å². The molecule has 1 atom stereocenters. The van der Waals surface area contributed by atoms with Crippen molar-refractivity contribution >= 4 is 17.6 Å². The lowest BCUT2D eigenvalue weighted by Gasteiger charge is -2.26. The normalized spacial score (nSPS) is 14.9. The van der Waals surface area contributed by atoms with E-state index in [-0.39, 0.29) is 23.6 Å². The second-order valence-electron chi connectivity index (χ2n) is 7.05. The van der Waals surface area contributed by atoms with Gasteiger partial charge < -0.3 is 24.5 Å². The first-order chi connectivity index (χ1) is 15.0. The van der Waals surface area contributed by atoms with Crippen molar-refractivity contribution in [3.8, 4) is 23.3 Å². The Bertz CT molecular complexity index is 1220. The first kappa shape index (κ1) is 20.0. The van der Waals surface area contributed by atoms with Gasteiger partial charge in [-0.1, -0.05) is 12.1 Å². The Morgan fingerprint density at radius 2 is 1.94 bits per heavy atom. The molecule has 1 unspecified atom stereocenters. The molecule has 8 nitrogen and oxygen atoms in total. The lowest BCUT2D eigenvalue weighted by Crippen LogP contribution is -2.25. The van der Waals surface area contributed by atoms with E-state index in [1.807, 2.05) is 0 Å². The molecule has 2 heterocycles. The maximum absolute atomic E-state index is 12.5. The van der Waals surface area contributed by atoms with Crippen molar-refractivity contribution in [2.24, 2.45) is 0 Å². The summed E-state index contributed by atoms with van der Waals surface area (Å²) in [6.07, 6.45) is 1.63. The predicted molar refractivity (Wildman–Crippen MR) is 112 cm³/mol. The highest BCUT2D eigenvalue weighted by molar-refractivity contribution is 6.04. The smallest absolute Gasteiger partial charge is 0.339 e. The Morgan fingerprint density at radius 3 is 2.55 bits per heavy atom. The fourth-order valence-corrected chi connectivity index (χ4v) is 3.88. The highest BCUT2D eigenvalue weighted by Crippen LogP contribution is 2.43. The van der Waals surface area contributed by atoms with Gasteiger partial charge in [0.1, 0.15) is 17.1 Å². The van der Waals surface area contributed by atoms with Gasteiger partial charge in [-0.3, -0.25) is 4.79 Å². The molecule has 1 amide bonds. The molecule has 8 heteroatoms. The largest absolute Gasteiger partial charge is 0.497 e. The van der Waals surface area contributed by atoms with Gasteiger partial charge in [0.05, 0.1) is 42.9 Å². The van der Waals surface area contributed by atoms with E-state index in [4.69, 9.17) is 14.7 Å². The Labute approximate surface area is 178 Å². The van der Waals surface area contributed by atoms with Crippen molar-refractivity contribution in [2.45, 2.75) is 12.3 Å². The standard InChI is InChI=1S/C23H19N3O5/c1-30-15-7-8-18(19(9-15)31-2)26-12-17(23(28)29)21-22(26)16(10-20(27)25-21)14-5-3-13(11-24)4-6-14/h3-9,12,16H,10H2,1-2H3,(H,25,27)(H,28,29). The predicted octanol–water partition coefficient (Wildman–Crippen LogP) is 3.54. The number of nitrogens with one attached hydrogen (secondary N) is 1. The van der Waals surface area contributed by atoms with Crippen LogP contribution < -0.4 is 14.8 Å². The number of anilines is 1. The fourth-order valence-electron chi connectivity index (χ4n) is 3.88. The Kier molecular flexibility index (Phi) is 5.09. The lowest BCUT2D eigenvalue weighted by molar-refractivity contribution is -0.116. The van der Waals surface area contributed by atoms with Gasteiger partial charge in [-0.25, -0.2) is 4.79 Å². The maximum atomic E-state index is 12.5. The molecule has 156 valence electrons. The van der Waals surface area contributed by atoms with Crippen LogP contribution in [0.15, 0.2) is 48.7 Å². The molecule has 1 aliphatic rings. The molecule has 3 aromatic rings. The maximum Gasteiger partial charge on any atom is 0.339 e. The van der Waals surface area contributed by atoms with Crippen LogP contribution in [0.25, 0.3) is 5.69 Å². The number of nitrogens with zero attached hydrogens (tertiary/aromatic N) is 2. The molecular formula is C23H19N3O5. The van der Waals surface area contributed by atoms with Gasteiger partial charge in [0, 0.05) is 24.6 Å². The molecule has 0 bridgehead atoms. The zero-order valence-electron chi connectivity index (χ0n) is 16.9. The van der Waals surface area contributed by atoms with Crippen LogP contribution >= 0.6 is 0 Å². The van der Waals surface area contributed by atoms with E-state index in [0.717, 1.165) is 5.56 Å². The topological polar surface area (TPSA) is 114 Å². The van der Waals surface area contributed by atoms with Crippen LogP contribution in [0, 0.1) is 11.3 Å². The van der Waals surface area contributed by atoms with E-state index in [1.54, 1.807) is 54.1 Å². The first-order valence-electron chi connectivity index (χ1n) is 9.47. The highest BCUT2D eigenvalue weighted by atomic mass is 16.5. The molecule has 0 aliphatic carbocycles. The number of benzene rings is 2. The van der Waals surface area contributed by atoms with Gasteiger partial charge >= 0.3 is 5.97 Å². The number of carbonyl (C=O) groups excluding carboxylic acids is 1. The SMILES string of the molecule is COc1ccc(-n2cc(C(=O)O)c3c2C(c2ccc(C#N)cc2)CC(=O)N3)c(OC)c1. The summed E-state index contributed by atoms with van der Waals surface area (Å²) >= 11 is 0. The van der Waals surface area contributed by atoms with Gasteiger partial charge in [0.2, 0.25) is 5.91 Å². The zero-order valence-corrected chi connectivity index (χ0v) is 16.9. The average Bonchev–Trinajstić information content (AvgIpc) is 3.17. The third kappa shape index (κ3) is 3.46. The van der Waals surface area contributed by atoms with Crippen LogP contribution in [0.3, 0.4) is 0 Å². The second-order valence-corrected chi connectivity index (χ2v) is 7.05. The number of amides is 1. The summed E-state index contributed by atoms with van der Waals surface area (Å²) in [5, 5.41) is 21.6. The number of ether oxygens (including phenoxy) is 2. The summed E-state index contributed by atoms with van der Waals surface area (Å²) in [6, 6.07) is 14.2. The summed E-state index contributed by atoms with van der Waals surface area (Å²) in [6.45, 7) is 0. The molecule has 4 rings (SSSR count). The number of aromatic carboxylic acids is 1. The summed E-state index contributed by atoms with van der Waals surface area (Å²) in [4.78, 5) is 24.4. The number of nitriles is 1. The van der Waals surface area contributed by atoms with Crippen LogP contribution in [-0.2, 0) is 4.79 Å². The number of rotatable bonds is 5. The van der Waals surface area contributed by atoms with E-state index < -0.39 is 11.9 Å². The van der Waals surface area contributed by atoms with Crippen LogP contribution in [0.2, 0.25) is 0 Å². The number of aromatic nitrogens is 1. The third-order valence-electron chi connectivity index (χ3n) is 5.35. The van der Waals surface area contributed by atoms with E-state index in [0.29, 0.717) is 28.4 Å². The first-order valence-corrected chi connectivity index (χ1v) is 9.47. The molecule has 2 aromatic carbocycles. The quantitative estimate of drug-likeness (QED) is 0.656. The number of hydrogen-bond donors (Lipinski definition) is 2. The molecule has 0 radical (unpaired) electrons. The molecule has 0 spiro atoms. The molecule has 0 saturated carbocycles. The Hall–Kier alpha value is -4.25. The van der Waals surface area contributed by atoms with Crippen molar-refractivity contribution in [3.05, 3.63) is 71.0 Å². The van der Waals surface area contributed by atoms with Gasteiger partial charge in [-0.2, -0.15) is 5.26 Å². The molecule has 31 heavy (non-hydrogen) atoms. The lowest BCUT2D eigenvalue weighted by atomic mass is 9.87. The number of carboxylic acid groups (broad SMARTS) is 1. The van der Waals surface area contributed by atoms with Crippen molar-refractivity contribution in [2.75, 3.05) is 19.5 Å². The van der Waals surface area contributed by atoms with Crippen molar-refractivity contribution in [1.29, 1.82) is 5.26 Å². The van der Waals surface area contributed by atoms with Crippen LogP contribution in [-0.4, -0.2) is 35.8 Å². The zero-order chi connectivity index (χ0) is 22.1. The van der Waals surface area contributed by atoms with Crippen molar-refractivity contribution < 1.29 is 24.2 Å². The average molecular weight is 417 g/mol. The number of fused-ring (bicyclic) bond motifs is 1. The van der Waals surface area contributed by atoms with Crippen LogP contribution in [0.4, 0.5) is 5.69 Å². The summed E-state index contributed by atoms with van der Waals surface area (Å²) < 4.78 is 12.5. The van der Waals surface area contributed by atoms with Gasteiger partial charge in [0.25, 0.3) is 0 Å². The second kappa shape index (κ2) is 7.88. The number of hydrogen-bond acceptors (Lipinski definition) is 5. The van der Waals surface area contributed by atoms with Crippen LogP contribution in [0.1, 0.15) is 39.5 Å². The Balaban J connectivity index is 1.97. The van der Waals surface area contributed by atoms with Crippen molar-refractivity contribution in [1.82, 2.24) is 4.57 Å². The summed E-state index contributed by atoms with van der Waals surface area (Å²) in [5.41, 5.74) is 2.80. The molecule has 0 fully saturated rings. The minimum absolute atomic E-state index is 0.0143. The van der Waals surface area contributed by atoms with Crippen molar-refractivity contribution in [3.63, 3.8) is 0 Å². The number of carboxylic acids is 1. The van der Waals surface area contributed by atoms with E-state index in [9.17, 15) is 14.7 Å². The number of methoxy groups -OCH3 is 2. The Morgan fingerprint density at radius 1 is 1.19 bits per heavy atom. The van der Waals surface area contributed by atoms with Crippen LogP contribution in [0.5, 0.6) is 11.5 Å². The number of carbonyl (C=O) groups is 2. The highest BCUT2D eigenvalue weighted by Gasteiger charge is 2.35. The van der Waals surface area contributed by atoms with Gasteiger partial charge in [-0.15, -0.1) is 0 Å². The molecular weight excluding hydrogens is 398 g/mol. The summed E-state index contributed by atoms with van der Waals surface area (Å²) in [5.74, 6) is -0.745.